The van der Waals surface area contributed by atoms with Crippen molar-refractivity contribution in [1.82, 2.24) is 0 Å². The Labute approximate surface area is 102 Å². The first-order valence-electron chi connectivity index (χ1n) is 3.91. The van der Waals surface area contributed by atoms with Gasteiger partial charge in [0.15, 0.2) is 5.60 Å². The molecule has 0 saturated heterocycles. The van der Waals surface area contributed by atoms with Crippen LogP contribution < -0.4 is 0 Å². The highest BCUT2D eigenvalue weighted by Crippen LogP contribution is 2.44. The molecule has 0 saturated carbocycles. The van der Waals surface area contributed by atoms with Gasteiger partial charge in [0, 0.05) is 10.0 Å². The number of hydrogen-bond acceptors (Lipinski definition) is 1. The first-order valence-corrected chi connectivity index (χ1v) is 5.49. The fourth-order valence-electron chi connectivity index (χ4n) is 1.04. The molecule has 6 heteroatoms. The van der Waals surface area contributed by atoms with Gasteiger partial charge in [0.05, 0.1) is 0 Å². The summed E-state index contributed by atoms with van der Waals surface area (Å²) >= 11 is 5.01. The maximum Gasteiger partial charge on any atom is 0.333 e. The van der Waals surface area contributed by atoms with E-state index in [1.165, 1.54) is 0 Å². The van der Waals surface area contributed by atoms with E-state index >= 15 is 0 Å². The van der Waals surface area contributed by atoms with Gasteiger partial charge in [-0.25, -0.2) is 4.39 Å². The smallest absolute Gasteiger partial charge is 0.333 e. The third-order valence-corrected chi connectivity index (χ3v) is 3.44. The largest absolute Gasteiger partial charge is 0.378 e. The summed E-state index contributed by atoms with van der Waals surface area (Å²) in [6, 6.07) is 3.13. The number of rotatable bonds is 2. The van der Waals surface area contributed by atoms with E-state index in [9.17, 15) is 18.3 Å². The molecule has 0 aliphatic carbocycles. The summed E-state index contributed by atoms with van der Waals surface area (Å²) in [5.74, 6) is -0.570. The highest BCUT2D eigenvalue weighted by molar-refractivity contribution is 9.10. The lowest BCUT2D eigenvalue weighted by atomic mass is 9.96. The van der Waals surface area contributed by atoms with Gasteiger partial charge < -0.3 is 5.11 Å². The third kappa shape index (κ3) is 2.54. The minimum absolute atomic E-state index is 0.0895. The number of halogens is 5. The molecule has 1 aromatic rings. The zero-order valence-electron chi connectivity index (χ0n) is 7.57. The zero-order chi connectivity index (χ0) is 11.9. The SMILES string of the molecule is CC(O)(c1ccc(F)cc1Br)C(F)(F)Br. The van der Waals surface area contributed by atoms with Crippen LogP contribution in [0.1, 0.15) is 12.5 Å². The average Bonchev–Trinajstić information content (AvgIpc) is 2.00. The normalized spacial score (nSPS) is 16.2. The lowest BCUT2D eigenvalue weighted by Crippen LogP contribution is -2.38. The van der Waals surface area contributed by atoms with E-state index in [0.29, 0.717) is 0 Å². The topological polar surface area (TPSA) is 20.2 Å². The molecule has 1 atom stereocenters. The lowest BCUT2D eigenvalue weighted by molar-refractivity contribution is -0.109. The minimum atomic E-state index is -3.50. The van der Waals surface area contributed by atoms with Crippen LogP contribution in [0.25, 0.3) is 0 Å². The Hall–Kier alpha value is -0.0700. The summed E-state index contributed by atoms with van der Waals surface area (Å²) in [5, 5.41) is 9.64. The number of alkyl halides is 3. The summed E-state index contributed by atoms with van der Waals surface area (Å²) in [6.45, 7) is 0.944. The van der Waals surface area contributed by atoms with E-state index in [4.69, 9.17) is 0 Å². The van der Waals surface area contributed by atoms with Crippen LogP contribution in [-0.4, -0.2) is 9.94 Å². The molecule has 0 spiro atoms. The average molecular weight is 348 g/mol. The van der Waals surface area contributed by atoms with Gasteiger partial charge in [0.2, 0.25) is 0 Å². The van der Waals surface area contributed by atoms with Crippen molar-refractivity contribution in [1.29, 1.82) is 0 Å². The van der Waals surface area contributed by atoms with Gasteiger partial charge in [-0.1, -0.05) is 22.0 Å². The van der Waals surface area contributed by atoms with Gasteiger partial charge in [-0.3, -0.25) is 0 Å². The van der Waals surface area contributed by atoms with Crippen molar-refractivity contribution in [3.05, 3.63) is 34.1 Å². The molecule has 0 heterocycles. The number of aliphatic hydroxyl groups is 1. The second-order valence-corrected chi connectivity index (χ2v) is 5.04. The standard InChI is InChI=1S/C9H7Br2F3O/c1-8(15,9(11,13)14)6-3-2-5(12)4-7(6)10/h2-4,15H,1H3. The maximum absolute atomic E-state index is 13.0. The molecule has 0 aliphatic heterocycles. The summed E-state index contributed by atoms with van der Waals surface area (Å²) in [7, 11) is 0. The van der Waals surface area contributed by atoms with Crippen molar-refractivity contribution in [2.45, 2.75) is 17.4 Å². The van der Waals surface area contributed by atoms with Gasteiger partial charge in [-0.05, 0) is 35.0 Å². The van der Waals surface area contributed by atoms with Crippen molar-refractivity contribution in [2.75, 3.05) is 0 Å². The first-order chi connectivity index (χ1) is 6.66. The van der Waals surface area contributed by atoms with E-state index in [2.05, 4.69) is 31.9 Å². The Morgan fingerprint density at radius 3 is 2.27 bits per heavy atom. The molecule has 1 N–H and O–H groups in total. The van der Waals surface area contributed by atoms with Crippen LogP contribution >= 0.6 is 31.9 Å². The van der Waals surface area contributed by atoms with Crippen LogP contribution in [0.15, 0.2) is 22.7 Å². The minimum Gasteiger partial charge on any atom is -0.378 e. The number of hydrogen-bond donors (Lipinski definition) is 1. The summed E-state index contributed by atoms with van der Waals surface area (Å²) in [5.41, 5.74) is -2.51. The summed E-state index contributed by atoms with van der Waals surface area (Å²) in [4.78, 5) is -3.50. The second kappa shape index (κ2) is 4.07. The monoisotopic (exact) mass is 346 g/mol. The van der Waals surface area contributed by atoms with Gasteiger partial charge in [-0.2, -0.15) is 8.78 Å². The van der Waals surface area contributed by atoms with Crippen molar-refractivity contribution in [2.24, 2.45) is 0 Å². The summed E-state index contributed by atoms with van der Waals surface area (Å²) in [6.07, 6.45) is 0. The van der Waals surface area contributed by atoms with Crippen molar-refractivity contribution >= 4 is 31.9 Å². The molecule has 15 heavy (non-hydrogen) atoms. The van der Waals surface area contributed by atoms with Crippen LogP contribution in [0, 0.1) is 5.82 Å². The molecule has 0 aliphatic rings. The first kappa shape index (κ1) is 13.0. The fraction of sp³-hybridized carbons (Fsp3) is 0.333. The number of benzene rings is 1. The molecule has 1 aromatic carbocycles. The Balaban J connectivity index is 3.28. The molecular weight excluding hydrogens is 341 g/mol. The highest BCUT2D eigenvalue weighted by Gasteiger charge is 2.49. The molecule has 1 nitrogen and oxygen atoms in total. The Kier molecular flexibility index (Phi) is 3.52. The van der Waals surface area contributed by atoms with Crippen molar-refractivity contribution in [3.63, 3.8) is 0 Å². The van der Waals surface area contributed by atoms with Gasteiger partial charge in [0.25, 0.3) is 0 Å². The van der Waals surface area contributed by atoms with Crippen LogP contribution in [0.5, 0.6) is 0 Å². The fourth-order valence-corrected chi connectivity index (χ4v) is 1.99. The summed E-state index contributed by atoms with van der Waals surface area (Å²) < 4.78 is 38.8. The predicted molar refractivity (Wildman–Crippen MR) is 57.5 cm³/mol. The molecule has 1 rings (SSSR count). The third-order valence-electron chi connectivity index (χ3n) is 2.01. The van der Waals surface area contributed by atoms with Gasteiger partial charge in [-0.15, -0.1) is 0 Å². The quantitative estimate of drug-likeness (QED) is 0.807. The molecular formula is C9H7Br2F3O. The van der Waals surface area contributed by atoms with Gasteiger partial charge >= 0.3 is 4.83 Å². The van der Waals surface area contributed by atoms with Crippen LogP contribution in [0.2, 0.25) is 0 Å². The van der Waals surface area contributed by atoms with E-state index in [0.717, 1.165) is 25.1 Å². The zero-order valence-corrected chi connectivity index (χ0v) is 10.7. The lowest BCUT2D eigenvalue weighted by Gasteiger charge is -2.29. The molecule has 0 bridgehead atoms. The van der Waals surface area contributed by atoms with E-state index < -0.39 is 16.3 Å². The highest BCUT2D eigenvalue weighted by atomic mass is 79.9. The van der Waals surface area contributed by atoms with Crippen LogP contribution in [0.4, 0.5) is 13.2 Å². The molecule has 0 radical (unpaired) electrons. The molecule has 0 amide bonds. The van der Waals surface area contributed by atoms with Crippen LogP contribution in [-0.2, 0) is 5.60 Å². The van der Waals surface area contributed by atoms with Crippen molar-refractivity contribution in [3.8, 4) is 0 Å². The van der Waals surface area contributed by atoms with Crippen molar-refractivity contribution < 1.29 is 18.3 Å². The van der Waals surface area contributed by atoms with E-state index in [-0.39, 0.29) is 10.0 Å². The Bertz CT molecular complexity index is 374. The van der Waals surface area contributed by atoms with Crippen LogP contribution in [0.3, 0.4) is 0 Å². The molecule has 84 valence electrons. The van der Waals surface area contributed by atoms with E-state index in [1.54, 1.807) is 0 Å². The molecule has 0 fully saturated rings. The predicted octanol–water partition coefficient (Wildman–Crippen LogP) is 3.78. The Morgan fingerprint density at radius 1 is 1.33 bits per heavy atom. The second-order valence-electron chi connectivity index (χ2n) is 3.19. The molecule has 0 aromatic heterocycles. The Morgan fingerprint density at radius 2 is 1.87 bits per heavy atom. The van der Waals surface area contributed by atoms with Gasteiger partial charge in [0.1, 0.15) is 5.82 Å². The maximum atomic E-state index is 13.0. The molecule has 1 unspecified atom stereocenters. The van der Waals surface area contributed by atoms with E-state index in [1.807, 2.05) is 0 Å².